The minimum atomic E-state index is -0.229. The first-order valence-electron chi connectivity index (χ1n) is 7.41. The minimum absolute atomic E-state index is 0.177. The Kier molecular flexibility index (Phi) is 4.27. The molecule has 110 valence electrons. The van der Waals surface area contributed by atoms with Crippen LogP contribution in [-0.4, -0.2) is 7.05 Å². The summed E-state index contributed by atoms with van der Waals surface area (Å²) >= 11 is 6.02. The third kappa shape index (κ3) is 2.97. The maximum absolute atomic E-state index is 14.1. The number of nitrogens with one attached hydrogen (secondary N) is 1. The topological polar surface area (TPSA) is 12.0 Å². The van der Waals surface area contributed by atoms with Crippen molar-refractivity contribution in [1.29, 1.82) is 0 Å². The van der Waals surface area contributed by atoms with Crippen LogP contribution >= 0.6 is 11.6 Å². The third-order valence-electron chi connectivity index (χ3n) is 4.38. The molecule has 0 amide bonds. The molecule has 0 saturated heterocycles. The van der Waals surface area contributed by atoms with Crippen molar-refractivity contribution in [2.45, 2.75) is 31.2 Å². The second kappa shape index (κ2) is 6.17. The van der Waals surface area contributed by atoms with Gasteiger partial charge in [0.2, 0.25) is 0 Å². The van der Waals surface area contributed by atoms with E-state index in [4.69, 9.17) is 11.6 Å². The SMILES string of the molecule is CNC(c1cccc(C2CCC2)c1)c1cc(Cl)ccc1F. The highest BCUT2D eigenvalue weighted by Crippen LogP contribution is 2.37. The van der Waals surface area contributed by atoms with Gasteiger partial charge >= 0.3 is 0 Å². The lowest BCUT2D eigenvalue weighted by atomic mass is 9.79. The summed E-state index contributed by atoms with van der Waals surface area (Å²) < 4.78 is 14.1. The molecule has 3 heteroatoms. The summed E-state index contributed by atoms with van der Waals surface area (Å²) in [4.78, 5) is 0. The molecule has 1 N–H and O–H groups in total. The zero-order valence-corrected chi connectivity index (χ0v) is 12.8. The van der Waals surface area contributed by atoms with Crippen molar-refractivity contribution in [3.05, 3.63) is 70.0 Å². The first-order chi connectivity index (χ1) is 10.2. The van der Waals surface area contributed by atoms with Crippen LogP contribution in [0.15, 0.2) is 42.5 Å². The van der Waals surface area contributed by atoms with E-state index in [2.05, 4.69) is 23.5 Å². The molecule has 1 atom stereocenters. The summed E-state index contributed by atoms with van der Waals surface area (Å²) in [5.74, 6) is 0.444. The molecule has 0 aliphatic heterocycles. The monoisotopic (exact) mass is 303 g/mol. The summed E-state index contributed by atoms with van der Waals surface area (Å²) in [5.41, 5.74) is 3.04. The van der Waals surface area contributed by atoms with Gasteiger partial charge in [-0.2, -0.15) is 0 Å². The number of hydrogen-bond donors (Lipinski definition) is 1. The summed E-state index contributed by atoms with van der Waals surface area (Å²) in [6, 6.07) is 13.0. The van der Waals surface area contributed by atoms with Gasteiger partial charge in [-0.15, -0.1) is 0 Å². The van der Waals surface area contributed by atoms with E-state index in [1.165, 1.54) is 30.9 Å². The van der Waals surface area contributed by atoms with Crippen LogP contribution < -0.4 is 5.32 Å². The van der Waals surface area contributed by atoms with Crippen molar-refractivity contribution in [3.63, 3.8) is 0 Å². The first kappa shape index (κ1) is 14.6. The normalized spacial score (nSPS) is 16.5. The number of halogens is 2. The minimum Gasteiger partial charge on any atom is -0.309 e. The fourth-order valence-corrected chi connectivity index (χ4v) is 3.15. The molecule has 2 aromatic rings. The molecule has 2 aromatic carbocycles. The average Bonchev–Trinajstić information content (AvgIpc) is 2.42. The first-order valence-corrected chi connectivity index (χ1v) is 7.79. The van der Waals surface area contributed by atoms with Crippen LogP contribution in [0.4, 0.5) is 4.39 Å². The molecule has 0 radical (unpaired) electrons. The van der Waals surface area contributed by atoms with Gasteiger partial charge in [-0.25, -0.2) is 4.39 Å². The summed E-state index contributed by atoms with van der Waals surface area (Å²) in [6.07, 6.45) is 3.84. The van der Waals surface area contributed by atoms with Crippen LogP contribution in [0.2, 0.25) is 5.02 Å². The van der Waals surface area contributed by atoms with Gasteiger partial charge < -0.3 is 5.32 Å². The Morgan fingerprint density at radius 1 is 1.19 bits per heavy atom. The highest BCUT2D eigenvalue weighted by atomic mass is 35.5. The molecule has 1 saturated carbocycles. The highest BCUT2D eigenvalue weighted by Gasteiger charge is 2.22. The smallest absolute Gasteiger partial charge is 0.128 e. The average molecular weight is 304 g/mol. The Bertz CT molecular complexity index is 637. The van der Waals surface area contributed by atoms with E-state index in [1.807, 2.05) is 13.1 Å². The zero-order valence-electron chi connectivity index (χ0n) is 12.1. The van der Waals surface area contributed by atoms with Gasteiger partial charge in [0.25, 0.3) is 0 Å². The van der Waals surface area contributed by atoms with Gasteiger partial charge in [0.15, 0.2) is 0 Å². The molecule has 0 bridgehead atoms. The second-order valence-corrected chi connectivity index (χ2v) is 6.12. The molecule has 1 aliphatic carbocycles. The number of hydrogen-bond acceptors (Lipinski definition) is 1. The van der Waals surface area contributed by atoms with E-state index < -0.39 is 0 Å². The van der Waals surface area contributed by atoms with E-state index in [9.17, 15) is 4.39 Å². The van der Waals surface area contributed by atoms with Gasteiger partial charge in [-0.3, -0.25) is 0 Å². The lowest BCUT2D eigenvalue weighted by Gasteiger charge is -2.27. The van der Waals surface area contributed by atoms with Gasteiger partial charge in [0.1, 0.15) is 5.82 Å². The van der Waals surface area contributed by atoms with E-state index in [0.717, 1.165) is 5.56 Å². The van der Waals surface area contributed by atoms with Crippen molar-refractivity contribution in [2.75, 3.05) is 7.05 Å². The summed E-state index contributed by atoms with van der Waals surface area (Å²) in [6.45, 7) is 0. The van der Waals surface area contributed by atoms with E-state index >= 15 is 0 Å². The van der Waals surface area contributed by atoms with Gasteiger partial charge in [-0.1, -0.05) is 42.3 Å². The van der Waals surface area contributed by atoms with Crippen molar-refractivity contribution < 1.29 is 4.39 Å². The van der Waals surface area contributed by atoms with Crippen molar-refractivity contribution in [2.24, 2.45) is 0 Å². The Morgan fingerprint density at radius 3 is 2.67 bits per heavy atom. The molecular weight excluding hydrogens is 285 g/mol. The quantitative estimate of drug-likeness (QED) is 0.833. The van der Waals surface area contributed by atoms with E-state index in [1.54, 1.807) is 12.1 Å². The van der Waals surface area contributed by atoms with Crippen molar-refractivity contribution in [1.82, 2.24) is 5.32 Å². The predicted molar refractivity (Wildman–Crippen MR) is 85.3 cm³/mol. The Morgan fingerprint density at radius 2 is 2.00 bits per heavy atom. The zero-order chi connectivity index (χ0) is 14.8. The molecule has 0 heterocycles. The fourth-order valence-electron chi connectivity index (χ4n) is 2.97. The van der Waals surface area contributed by atoms with Crippen molar-refractivity contribution >= 4 is 11.6 Å². The van der Waals surface area contributed by atoms with Crippen LogP contribution in [0.25, 0.3) is 0 Å². The highest BCUT2D eigenvalue weighted by molar-refractivity contribution is 6.30. The van der Waals surface area contributed by atoms with Crippen LogP contribution in [0.3, 0.4) is 0 Å². The maximum Gasteiger partial charge on any atom is 0.128 e. The van der Waals surface area contributed by atoms with Gasteiger partial charge in [-0.05, 0) is 55.1 Å². The molecule has 0 spiro atoms. The Labute approximate surface area is 130 Å². The second-order valence-electron chi connectivity index (χ2n) is 5.69. The van der Waals surface area contributed by atoms with Gasteiger partial charge in [0, 0.05) is 10.6 Å². The van der Waals surface area contributed by atoms with E-state index in [-0.39, 0.29) is 11.9 Å². The number of rotatable bonds is 4. The molecule has 1 unspecified atom stereocenters. The molecule has 1 aliphatic rings. The van der Waals surface area contributed by atoms with Crippen LogP contribution in [0.1, 0.15) is 47.9 Å². The molecule has 3 rings (SSSR count). The van der Waals surface area contributed by atoms with Crippen LogP contribution in [-0.2, 0) is 0 Å². The maximum atomic E-state index is 14.1. The van der Waals surface area contributed by atoms with E-state index in [0.29, 0.717) is 16.5 Å². The predicted octanol–water partition coefficient (Wildman–Crippen LogP) is 5.06. The number of benzene rings is 2. The third-order valence-corrected chi connectivity index (χ3v) is 4.61. The standard InChI is InChI=1S/C18H19ClFN/c1-21-18(16-11-15(19)8-9-17(16)20)14-7-3-6-13(10-14)12-4-2-5-12/h3,6-12,18,21H,2,4-5H2,1H3. The molecular formula is C18H19ClFN. The van der Waals surface area contributed by atoms with Crippen molar-refractivity contribution in [3.8, 4) is 0 Å². The van der Waals surface area contributed by atoms with Crippen LogP contribution in [0.5, 0.6) is 0 Å². The summed E-state index contributed by atoms with van der Waals surface area (Å²) in [5, 5.41) is 3.76. The molecule has 1 nitrogen and oxygen atoms in total. The largest absolute Gasteiger partial charge is 0.309 e. The van der Waals surface area contributed by atoms with Gasteiger partial charge in [0.05, 0.1) is 6.04 Å². The lowest BCUT2D eigenvalue weighted by molar-refractivity contribution is 0.419. The molecule has 21 heavy (non-hydrogen) atoms. The lowest BCUT2D eigenvalue weighted by Crippen LogP contribution is -2.19. The summed E-state index contributed by atoms with van der Waals surface area (Å²) in [7, 11) is 1.85. The fraction of sp³-hybridized carbons (Fsp3) is 0.333. The molecule has 0 aromatic heterocycles. The Balaban J connectivity index is 1.97. The Hall–Kier alpha value is -1.38. The van der Waals surface area contributed by atoms with Crippen LogP contribution in [0, 0.1) is 5.82 Å². The molecule has 1 fully saturated rings.